The van der Waals surface area contributed by atoms with Gasteiger partial charge < -0.3 is 0 Å². The highest BCUT2D eigenvalue weighted by Gasteiger charge is 2.09. The highest BCUT2D eigenvalue weighted by molar-refractivity contribution is 5.73. The zero-order valence-corrected chi connectivity index (χ0v) is 16.7. The summed E-state index contributed by atoms with van der Waals surface area (Å²) >= 11 is 0. The molecule has 0 unspecified atom stereocenters. The van der Waals surface area contributed by atoms with Crippen LogP contribution in [0.3, 0.4) is 0 Å². The van der Waals surface area contributed by atoms with Gasteiger partial charge in [-0.2, -0.15) is 10.5 Å². The molecule has 3 aromatic rings. The van der Waals surface area contributed by atoms with Crippen LogP contribution in [0.15, 0.2) is 91.5 Å². The first-order valence-corrected chi connectivity index (χ1v) is 9.45. The van der Waals surface area contributed by atoms with Crippen molar-refractivity contribution in [2.45, 2.75) is 6.42 Å². The Morgan fingerprint density at radius 1 is 0.839 bits per heavy atom. The van der Waals surface area contributed by atoms with Crippen molar-refractivity contribution in [3.05, 3.63) is 125 Å². The lowest BCUT2D eigenvalue weighted by molar-refractivity contribution is 0.622. The minimum atomic E-state index is -0.440. The molecule has 0 aliphatic rings. The van der Waals surface area contributed by atoms with E-state index in [1.807, 2.05) is 12.1 Å². The number of allylic oxidation sites excluding steroid dienone is 4. The molecule has 0 aliphatic heterocycles. The van der Waals surface area contributed by atoms with Crippen LogP contribution in [0.2, 0.25) is 0 Å². The number of rotatable bonds is 6. The Morgan fingerprint density at radius 2 is 1.48 bits per heavy atom. The van der Waals surface area contributed by atoms with E-state index >= 15 is 0 Å². The molecular formula is C27H18F2N2. The van der Waals surface area contributed by atoms with E-state index in [-0.39, 0.29) is 11.4 Å². The number of hydrogen-bond donors (Lipinski definition) is 0. The second kappa shape index (κ2) is 9.48. The van der Waals surface area contributed by atoms with Gasteiger partial charge in [0.05, 0.1) is 17.7 Å². The lowest BCUT2D eigenvalue weighted by atomic mass is 9.97. The van der Waals surface area contributed by atoms with Gasteiger partial charge >= 0.3 is 0 Å². The van der Waals surface area contributed by atoms with Crippen LogP contribution in [0, 0.1) is 34.3 Å². The summed E-state index contributed by atoms with van der Waals surface area (Å²) in [5, 5.41) is 17.6. The largest absolute Gasteiger partial charge is 0.206 e. The van der Waals surface area contributed by atoms with E-state index in [0.717, 1.165) is 0 Å². The normalized spacial score (nSPS) is 10.5. The molecule has 0 fully saturated rings. The van der Waals surface area contributed by atoms with E-state index in [1.54, 1.807) is 54.6 Å². The Bertz CT molecular complexity index is 1270. The first-order chi connectivity index (χ1) is 14.9. The van der Waals surface area contributed by atoms with E-state index in [4.69, 9.17) is 10.5 Å². The molecule has 0 saturated heterocycles. The molecule has 0 aromatic heterocycles. The Hall–Kier alpha value is -4.28. The average molecular weight is 408 g/mol. The molecule has 0 amide bonds. The van der Waals surface area contributed by atoms with Crippen molar-refractivity contribution < 1.29 is 8.78 Å². The smallest absolute Gasteiger partial charge is 0.131 e. The highest BCUT2D eigenvalue weighted by Crippen LogP contribution is 2.26. The quantitative estimate of drug-likeness (QED) is 0.335. The molecular weight excluding hydrogens is 390 g/mol. The molecule has 0 atom stereocenters. The predicted molar refractivity (Wildman–Crippen MR) is 119 cm³/mol. The van der Waals surface area contributed by atoms with E-state index in [9.17, 15) is 8.78 Å². The van der Waals surface area contributed by atoms with Gasteiger partial charge in [-0.25, -0.2) is 8.78 Å². The minimum absolute atomic E-state index is 0.254. The summed E-state index contributed by atoms with van der Waals surface area (Å²) in [5.41, 5.74) is 4.06. The van der Waals surface area contributed by atoms with Gasteiger partial charge in [0.1, 0.15) is 11.6 Å². The minimum Gasteiger partial charge on any atom is -0.206 e. The first-order valence-electron chi connectivity index (χ1n) is 9.45. The van der Waals surface area contributed by atoms with Crippen molar-refractivity contribution in [1.29, 1.82) is 10.5 Å². The third-order valence-electron chi connectivity index (χ3n) is 4.78. The van der Waals surface area contributed by atoms with Crippen LogP contribution in [0.5, 0.6) is 0 Å². The van der Waals surface area contributed by atoms with Crippen molar-refractivity contribution in [1.82, 2.24) is 0 Å². The number of hydrogen-bond acceptors (Lipinski definition) is 2. The lowest BCUT2D eigenvalue weighted by Gasteiger charge is -2.09. The zero-order valence-electron chi connectivity index (χ0n) is 16.7. The van der Waals surface area contributed by atoms with Gasteiger partial charge in [-0.15, -0.1) is 0 Å². The van der Waals surface area contributed by atoms with Crippen molar-refractivity contribution in [3.63, 3.8) is 0 Å². The summed E-state index contributed by atoms with van der Waals surface area (Å²) in [6, 6.07) is 20.3. The van der Waals surface area contributed by atoms with Crippen LogP contribution in [0.1, 0.15) is 22.3 Å². The second-order valence-electron chi connectivity index (χ2n) is 6.99. The Morgan fingerprint density at radius 3 is 2.06 bits per heavy atom. The van der Waals surface area contributed by atoms with Gasteiger partial charge in [-0.3, -0.25) is 0 Å². The maximum Gasteiger partial charge on any atom is 0.131 e. The first kappa shape index (κ1) is 21.4. The molecule has 31 heavy (non-hydrogen) atoms. The fraction of sp³-hybridized carbons (Fsp3) is 0.0370. The summed E-state index contributed by atoms with van der Waals surface area (Å²) in [6.45, 7) is 7.36. The van der Waals surface area contributed by atoms with Crippen molar-refractivity contribution in [3.8, 4) is 23.3 Å². The lowest BCUT2D eigenvalue weighted by Crippen LogP contribution is -1.95. The Balaban J connectivity index is 1.77. The molecule has 3 rings (SSSR count). The van der Waals surface area contributed by atoms with Gasteiger partial charge in [-0.05, 0) is 59.0 Å². The van der Waals surface area contributed by atoms with Crippen molar-refractivity contribution in [2.24, 2.45) is 0 Å². The van der Waals surface area contributed by atoms with Crippen molar-refractivity contribution in [2.75, 3.05) is 0 Å². The molecule has 0 saturated carbocycles. The molecule has 4 heteroatoms. The monoisotopic (exact) mass is 408 g/mol. The van der Waals surface area contributed by atoms with E-state index < -0.39 is 5.82 Å². The summed E-state index contributed by atoms with van der Waals surface area (Å²) in [7, 11) is 0. The maximum absolute atomic E-state index is 14.7. The Labute approximate surface area is 180 Å². The van der Waals surface area contributed by atoms with Crippen LogP contribution in [0.4, 0.5) is 8.78 Å². The summed E-state index contributed by atoms with van der Waals surface area (Å²) in [4.78, 5) is 0. The van der Waals surface area contributed by atoms with Crippen LogP contribution in [-0.4, -0.2) is 0 Å². The molecule has 0 aliphatic carbocycles. The Kier molecular flexibility index (Phi) is 6.55. The predicted octanol–water partition coefficient (Wildman–Crippen LogP) is 6.74. The molecule has 0 heterocycles. The standard InChI is InChI=1S/C27H18F2N2/c1-18(16-30)3-4-19(2)24-11-7-21(14-26(24)28)13-22-8-12-25(27(29)15-22)23-9-5-20(17-31)6-10-23/h3-12,14-15H,1-2,13H2. The van der Waals surface area contributed by atoms with Gasteiger partial charge in [0.25, 0.3) is 0 Å². The molecule has 0 N–H and O–H groups in total. The van der Waals surface area contributed by atoms with E-state index in [1.165, 1.54) is 18.2 Å². The number of halogens is 2. The molecule has 0 radical (unpaired) electrons. The average Bonchev–Trinajstić information content (AvgIpc) is 2.77. The summed E-state index contributed by atoms with van der Waals surface area (Å²) in [5.74, 6) is -0.820. The number of nitriles is 2. The van der Waals surface area contributed by atoms with Gasteiger partial charge in [-0.1, -0.05) is 55.6 Å². The van der Waals surface area contributed by atoms with Crippen molar-refractivity contribution >= 4 is 5.57 Å². The van der Waals surface area contributed by atoms with Crippen LogP contribution in [-0.2, 0) is 6.42 Å². The SMILES string of the molecule is C=C(C#N)C=CC(=C)c1ccc(Cc2ccc(-c3ccc(C#N)cc3)c(F)c2)cc1F. The van der Waals surface area contributed by atoms with Crippen LogP contribution >= 0.6 is 0 Å². The molecule has 3 aromatic carbocycles. The number of nitrogens with zero attached hydrogens (tertiary/aromatic N) is 2. The molecule has 150 valence electrons. The number of benzene rings is 3. The fourth-order valence-electron chi connectivity index (χ4n) is 3.12. The van der Waals surface area contributed by atoms with Gasteiger partial charge in [0, 0.05) is 16.7 Å². The summed E-state index contributed by atoms with van der Waals surface area (Å²) in [6.07, 6.45) is 3.39. The topological polar surface area (TPSA) is 47.6 Å². The molecule has 0 spiro atoms. The highest BCUT2D eigenvalue weighted by atomic mass is 19.1. The van der Waals surface area contributed by atoms with Crippen LogP contribution in [0.25, 0.3) is 16.7 Å². The molecule has 2 nitrogen and oxygen atoms in total. The van der Waals surface area contributed by atoms with E-state index in [2.05, 4.69) is 13.2 Å². The fourth-order valence-corrected chi connectivity index (χ4v) is 3.12. The van der Waals surface area contributed by atoms with E-state index in [0.29, 0.717) is 45.4 Å². The second-order valence-corrected chi connectivity index (χ2v) is 6.99. The van der Waals surface area contributed by atoms with Gasteiger partial charge in [0.2, 0.25) is 0 Å². The van der Waals surface area contributed by atoms with Gasteiger partial charge in [0.15, 0.2) is 0 Å². The zero-order chi connectivity index (χ0) is 22.4. The third kappa shape index (κ3) is 5.21. The maximum atomic E-state index is 14.7. The van der Waals surface area contributed by atoms with Crippen LogP contribution < -0.4 is 0 Å². The third-order valence-corrected chi connectivity index (χ3v) is 4.78. The molecule has 0 bridgehead atoms. The summed E-state index contributed by atoms with van der Waals surface area (Å²) < 4.78 is 29.2.